The van der Waals surface area contributed by atoms with Crippen molar-refractivity contribution in [2.45, 2.75) is 18.1 Å². The van der Waals surface area contributed by atoms with Gasteiger partial charge in [0.25, 0.3) is 0 Å². The molecule has 0 unspecified atom stereocenters. The molecule has 0 bridgehead atoms. The summed E-state index contributed by atoms with van der Waals surface area (Å²) in [5.74, 6) is 0. The Morgan fingerprint density at radius 1 is 1.39 bits per heavy atom. The van der Waals surface area contributed by atoms with Crippen molar-refractivity contribution in [3.8, 4) is 0 Å². The zero-order valence-corrected chi connectivity index (χ0v) is 13.5. The molecule has 0 saturated heterocycles. The summed E-state index contributed by atoms with van der Waals surface area (Å²) in [5.41, 5.74) is -0.0903. The SMILES string of the molecule is C[NH+](C)CC(C)(C)CNS(=O)(=O)c1ccc(Cl)s1. The summed E-state index contributed by atoms with van der Waals surface area (Å²) in [7, 11) is 0.668. The predicted octanol–water partition coefficient (Wildman–Crippen LogP) is 0.851. The van der Waals surface area contributed by atoms with Gasteiger partial charge in [-0.05, 0) is 12.1 Å². The van der Waals surface area contributed by atoms with Crippen LogP contribution in [-0.2, 0) is 10.0 Å². The number of thiophene rings is 1. The number of nitrogens with one attached hydrogen (secondary N) is 2. The maximum atomic E-state index is 12.0. The van der Waals surface area contributed by atoms with E-state index in [1.807, 2.05) is 13.8 Å². The van der Waals surface area contributed by atoms with Crippen molar-refractivity contribution in [1.82, 2.24) is 4.72 Å². The monoisotopic (exact) mass is 311 g/mol. The zero-order chi connectivity index (χ0) is 14.0. The number of hydrogen-bond donors (Lipinski definition) is 2. The molecule has 0 fully saturated rings. The van der Waals surface area contributed by atoms with Crippen molar-refractivity contribution < 1.29 is 13.3 Å². The fourth-order valence-corrected chi connectivity index (χ4v) is 4.59. The maximum Gasteiger partial charge on any atom is 0.250 e. The minimum Gasteiger partial charge on any atom is -0.339 e. The molecule has 1 heterocycles. The fourth-order valence-electron chi connectivity index (χ4n) is 1.82. The largest absolute Gasteiger partial charge is 0.339 e. The summed E-state index contributed by atoms with van der Waals surface area (Å²) < 4.78 is 27.4. The van der Waals surface area contributed by atoms with Gasteiger partial charge in [-0.25, -0.2) is 13.1 Å². The van der Waals surface area contributed by atoms with E-state index in [1.54, 1.807) is 6.07 Å². The molecule has 1 aromatic heterocycles. The van der Waals surface area contributed by atoms with E-state index in [1.165, 1.54) is 11.0 Å². The van der Waals surface area contributed by atoms with Gasteiger partial charge in [0.2, 0.25) is 10.0 Å². The zero-order valence-electron chi connectivity index (χ0n) is 11.1. The lowest BCUT2D eigenvalue weighted by Gasteiger charge is -2.25. The molecule has 1 rings (SSSR count). The summed E-state index contributed by atoms with van der Waals surface area (Å²) in [5, 5.41) is 0. The molecule has 7 heteroatoms. The van der Waals surface area contributed by atoms with Crippen molar-refractivity contribution in [3.63, 3.8) is 0 Å². The second kappa shape index (κ2) is 5.88. The van der Waals surface area contributed by atoms with Gasteiger partial charge >= 0.3 is 0 Å². The number of rotatable bonds is 6. The summed E-state index contributed by atoms with van der Waals surface area (Å²) in [6.45, 7) is 5.39. The van der Waals surface area contributed by atoms with Gasteiger partial charge in [-0.2, -0.15) is 0 Å². The lowest BCUT2D eigenvalue weighted by Crippen LogP contribution is -3.07. The Morgan fingerprint density at radius 2 is 2.00 bits per heavy atom. The second-order valence-corrected chi connectivity index (χ2v) is 9.14. The van der Waals surface area contributed by atoms with Gasteiger partial charge in [-0.3, -0.25) is 0 Å². The fraction of sp³-hybridized carbons (Fsp3) is 0.636. The third-order valence-corrected chi connectivity index (χ3v) is 5.51. The van der Waals surface area contributed by atoms with Crippen LogP contribution in [0.3, 0.4) is 0 Å². The van der Waals surface area contributed by atoms with Gasteiger partial charge in [-0.1, -0.05) is 25.4 Å². The first kappa shape index (κ1) is 15.9. The van der Waals surface area contributed by atoms with Gasteiger partial charge in [0.05, 0.1) is 25.0 Å². The second-order valence-electron chi connectivity index (χ2n) is 5.43. The molecule has 18 heavy (non-hydrogen) atoms. The maximum absolute atomic E-state index is 12.0. The van der Waals surface area contributed by atoms with E-state index in [0.29, 0.717) is 10.9 Å². The van der Waals surface area contributed by atoms with Crippen LogP contribution in [0.4, 0.5) is 0 Å². The molecule has 0 atom stereocenters. The Labute approximate surface area is 118 Å². The van der Waals surface area contributed by atoms with E-state index in [9.17, 15) is 8.42 Å². The third kappa shape index (κ3) is 4.85. The molecule has 104 valence electrons. The molecular formula is C11H20ClN2O2S2+. The minimum atomic E-state index is -3.43. The van der Waals surface area contributed by atoms with Gasteiger partial charge in [0.1, 0.15) is 4.21 Å². The van der Waals surface area contributed by atoms with Crippen molar-refractivity contribution in [2.24, 2.45) is 5.41 Å². The highest BCUT2D eigenvalue weighted by molar-refractivity contribution is 7.91. The Kier molecular flexibility index (Phi) is 5.20. The van der Waals surface area contributed by atoms with Gasteiger partial charge < -0.3 is 4.90 Å². The van der Waals surface area contributed by atoms with Crippen LogP contribution >= 0.6 is 22.9 Å². The minimum absolute atomic E-state index is 0.0903. The Balaban J connectivity index is 2.68. The molecule has 4 nitrogen and oxygen atoms in total. The summed E-state index contributed by atoms with van der Waals surface area (Å²) in [6, 6.07) is 3.12. The Morgan fingerprint density at radius 3 is 2.44 bits per heavy atom. The highest BCUT2D eigenvalue weighted by Gasteiger charge is 2.25. The van der Waals surface area contributed by atoms with Crippen LogP contribution in [0.1, 0.15) is 13.8 Å². The first-order valence-corrected chi connectivity index (χ1v) is 8.34. The molecule has 0 radical (unpaired) electrons. The topological polar surface area (TPSA) is 50.6 Å². The number of halogens is 1. The highest BCUT2D eigenvalue weighted by Crippen LogP contribution is 2.25. The average Bonchev–Trinajstić information content (AvgIpc) is 2.61. The molecule has 0 saturated carbocycles. The summed E-state index contributed by atoms with van der Waals surface area (Å²) >= 11 is 6.82. The van der Waals surface area contributed by atoms with Crippen LogP contribution in [0, 0.1) is 5.41 Å². The number of sulfonamides is 1. The van der Waals surface area contributed by atoms with E-state index in [0.717, 1.165) is 17.9 Å². The quantitative estimate of drug-likeness (QED) is 0.818. The average molecular weight is 312 g/mol. The van der Waals surface area contributed by atoms with Crippen LogP contribution in [0.25, 0.3) is 0 Å². The van der Waals surface area contributed by atoms with Gasteiger partial charge in [0, 0.05) is 12.0 Å². The van der Waals surface area contributed by atoms with E-state index in [-0.39, 0.29) is 9.62 Å². The van der Waals surface area contributed by atoms with Crippen molar-refractivity contribution >= 4 is 33.0 Å². The van der Waals surface area contributed by atoms with E-state index in [2.05, 4.69) is 18.8 Å². The van der Waals surface area contributed by atoms with E-state index in [4.69, 9.17) is 11.6 Å². The molecule has 0 spiro atoms. The van der Waals surface area contributed by atoms with Crippen LogP contribution < -0.4 is 9.62 Å². The number of hydrogen-bond acceptors (Lipinski definition) is 3. The molecule has 0 aliphatic heterocycles. The smallest absolute Gasteiger partial charge is 0.250 e. The van der Waals surface area contributed by atoms with E-state index < -0.39 is 10.0 Å². The lowest BCUT2D eigenvalue weighted by atomic mass is 9.93. The van der Waals surface area contributed by atoms with Crippen LogP contribution in [-0.4, -0.2) is 35.6 Å². The molecule has 0 amide bonds. The van der Waals surface area contributed by atoms with Gasteiger partial charge in [-0.15, -0.1) is 11.3 Å². The van der Waals surface area contributed by atoms with E-state index >= 15 is 0 Å². The molecule has 0 aliphatic rings. The molecule has 1 aromatic rings. The number of quaternary nitrogens is 1. The standard InChI is InChI=1S/C11H19ClN2O2S2/c1-11(2,8-14(3)4)7-13-18(15,16)10-6-5-9(12)17-10/h5-6,13H,7-8H2,1-4H3/p+1. The molecule has 0 aliphatic carbocycles. The van der Waals surface area contributed by atoms with Gasteiger partial charge in [0.15, 0.2) is 0 Å². The first-order chi connectivity index (χ1) is 8.12. The third-order valence-electron chi connectivity index (χ3n) is 2.39. The summed E-state index contributed by atoms with van der Waals surface area (Å²) in [4.78, 5) is 1.29. The normalized spacial score (nSPS) is 13.2. The molecule has 0 aromatic carbocycles. The Hall–Kier alpha value is -0.140. The lowest BCUT2D eigenvalue weighted by molar-refractivity contribution is -0.865. The van der Waals surface area contributed by atoms with Crippen LogP contribution in [0.5, 0.6) is 0 Å². The highest BCUT2D eigenvalue weighted by atomic mass is 35.5. The van der Waals surface area contributed by atoms with Crippen molar-refractivity contribution in [3.05, 3.63) is 16.5 Å². The van der Waals surface area contributed by atoms with Crippen LogP contribution in [0.15, 0.2) is 16.3 Å². The Bertz CT molecular complexity index is 495. The van der Waals surface area contributed by atoms with Crippen molar-refractivity contribution in [1.29, 1.82) is 0 Å². The first-order valence-electron chi connectivity index (χ1n) is 5.66. The molecule has 2 N–H and O–H groups in total. The predicted molar refractivity (Wildman–Crippen MR) is 76.0 cm³/mol. The van der Waals surface area contributed by atoms with Crippen LogP contribution in [0.2, 0.25) is 4.34 Å². The summed E-state index contributed by atoms with van der Waals surface area (Å²) in [6.07, 6.45) is 0. The van der Waals surface area contributed by atoms with Crippen molar-refractivity contribution in [2.75, 3.05) is 27.2 Å². The molecular weight excluding hydrogens is 292 g/mol.